The molecule has 2 fully saturated rings. The van der Waals surface area contributed by atoms with Gasteiger partial charge in [0.05, 0.1) is 17.8 Å². The zero-order valence-corrected chi connectivity index (χ0v) is 14.6. The Morgan fingerprint density at radius 1 is 1.04 bits per heavy atom. The zero-order valence-electron chi connectivity index (χ0n) is 14.6. The molecule has 2 aliphatic rings. The minimum absolute atomic E-state index is 0.137. The first-order valence-corrected chi connectivity index (χ1v) is 8.88. The van der Waals surface area contributed by atoms with Gasteiger partial charge in [-0.05, 0) is 36.6 Å². The summed E-state index contributed by atoms with van der Waals surface area (Å²) in [7, 11) is 0. The highest BCUT2D eigenvalue weighted by Gasteiger charge is 2.36. The Morgan fingerprint density at radius 3 is 2.19 bits per heavy atom. The first kappa shape index (κ1) is 20.1. The highest BCUT2D eigenvalue weighted by molar-refractivity contribution is 5.94. The van der Waals surface area contributed by atoms with E-state index in [1.165, 1.54) is 12.1 Å². The number of hydrogen-bond donors (Lipinski definition) is 3. The second-order valence-corrected chi connectivity index (χ2v) is 7.32. The van der Waals surface area contributed by atoms with Crippen LogP contribution in [0.5, 0.6) is 0 Å². The van der Waals surface area contributed by atoms with Crippen LogP contribution in [0.1, 0.15) is 22.3 Å². The van der Waals surface area contributed by atoms with Crippen LogP contribution >= 0.6 is 0 Å². The number of β-amino-alcohol motifs (C(OH)–C–C–N with tert-alkyl or cyclic N) is 2. The number of aliphatic hydroxyl groups excluding tert-OH is 3. The van der Waals surface area contributed by atoms with E-state index in [9.17, 15) is 33.3 Å². The van der Waals surface area contributed by atoms with Gasteiger partial charge in [-0.3, -0.25) is 9.69 Å². The van der Waals surface area contributed by atoms with Gasteiger partial charge in [-0.15, -0.1) is 0 Å². The van der Waals surface area contributed by atoms with Crippen LogP contribution in [0.25, 0.3) is 0 Å². The summed E-state index contributed by atoms with van der Waals surface area (Å²) in [5, 5.41) is 29.1. The van der Waals surface area contributed by atoms with Gasteiger partial charge in [0.2, 0.25) is 0 Å². The number of rotatable bonds is 3. The summed E-state index contributed by atoms with van der Waals surface area (Å²) in [6, 6.07) is 4.19. The smallest absolute Gasteiger partial charge is 0.389 e. The van der Waals surface area contributed by atoms with Crippen molar-refractivity contribution < 1.29 is 33.3 Å². The quantitative estimate of drug-likeness (QED) is 0.705. The van der Waals surface area contributed by atoms with Crippen molar-refractivity contribution in [3.63, 3.8) is 0 Å². The van der Waals surface area contributed by atoms with Crippen LogP contribution < -0.4 is 0 Å². The molecule has 3 N–H and O–H groups in total. The SMILES string of the molecule is O=C(c1ccc(C(F)(F)F)cc1)N1CC[C@H](CN2C[C@@H](O)[C@H](O)[C@@H](O)C2)C1. The van der Waals surface area contributed by atoms with Crippen molar-refractivity contribution in [1.29, 1.82) is 0 Å². The van der Waals surface area contributed by atoms with Gasteiger partial charge in [-0.2, -0.15) is 13.2 Å². The molecule has 3 rings (SSSR count). The summed E-state index contributed by atoms with van der Waals surface area (Å²) in [6.07, 6.45) is -6.88. The summed E-state index contributed by atoms with van der Waals surface area (Å²) >= 11 is 0. The minimum atomic E-state index is -4.43. The van der Waals surface area contributed by atoms with Gasteiger partial charge in [-0.25, -0.2) is 0 Å². The van der Waals surface area contributed by atoms with Crippen LogP contribution in [-0.4, -0.2) is 82.1 Å². The number of piperidine rings is 1. The summed E-state index contributed by atoms with van der Waals surface area (Å²) in [4.78, 5) is 16.0. The Hall–Kier alpha value is -1.68. The maximum Gasteiger partial charge on any atom is 0.416 e. The van der Waals surface area contributed by atoms with Gasteiger partial charge >= 0.3 is 6.18 Å². The van der Waals surface area contributed by atoms with Crippen molar-refractivity contribution in [3.05, 3.63) is 35.4 Å². The summed E-state index contributed by atoms with van der Waals surface area (Å²) in [5.41, 5.74) is -0.571. The molecular formula is C18H23F3N2O4. The molecule has 4 atom stereocenters. The fourth-order valence-corrected chi connectivity index (χ4v) is 3.74. The highest BCUT2D eigenvalue weighted by atomic mass is 19.4. The van der Waals surface area contributed by atoms with E-state index < -0.39 is 30.1 Å². The molecule has 9 heteroatoms. The number of carbonyl (C=O) groups excluding carboxylic acids is 1. The molecule has 0 bridgehead atoms. The topological polar surface area (TPSA) is 84.2 Å². The summed E-state index contributed by atoms with van der Waals surface area (Å²) in [6.45, 7) is 2.04. The lowest BCUT2D eigenvalue weighted by Gasteiger charge is -2.37. The van der Waals surface area contributed by atoms with Gasteiger partial charge in [0.1, 0.15) is 6.10 Å². The number of benzene rings is 1. The maximum atomic E-state index is 12.6. The third-order valence-electron chi connectivity index (χ3n) is 5.23. The predicted molar refractivity (Wildman–Crippen MR) is 89.9 cm³/mol. The van der Waals surface area contributed by atoms with Gasteiger partial charge in [0, 0.05) is 38.3 Å². The minimum Gasteiger partial charge on any atom is -0.389 e. The first-order valence-electron chi connectivity index (χ1n) is 8.88. The lowest BCUT2D eigenvalue weighted by Crippen LogP contribution is -2.56. The van der Waals surface area contributed by atoms with E-state index in [0.29, 0.717) is 19.6 Å². The summed E-state index contributed by atoms with van der Waals surface area (Å²) in [5.74, 6) is -0.168. The fraction of sp³-hybridized carbons (Fsp3) is 0.611. The monoisotopic (exact) mass is 388 g/mol. The van der Waals surface area contributed by atoms with Crippen molar-refractivity contribution in [2.24, 2.45) is 5.92 Å². The van der Waals surface area contributed by atoms with E-state index in [4.69, 9.17) is 0 Å². The Kier molecular flexibility index (Phi) is 5.76. The van der Waals surface area contributed by atoms with Gasteiger partial charge in [-0.1, -0.05) is 0 Å². The third kappa shape index (κ3) is 4.60. The molecule has 0 unspecified atom stereocenters. The molecule has 0 aromatic heterocycles. The van der Waals surface area contributed by atoms with Crippen LogP contribution in [0.3, 0.4) is 0 Å². The molecular weight excluding hydrogens is 365 g/mol. The maximum absolute atomic E-state index is 12.6. The van der Waals surface area contributed by atoms with E-state index in [2.05, 4.69) is 0 Å². The standard InChI is InChI=1S/C18H23F3N2O4/c19-18(20,21)13-3-1-12(2-4-13)17(27)23-6-5-11(8-23)7-22-9-14(24)16(26)15(25)10-22/h1-4,11,14-16,24-26H,5-10H2/t11-,14-,15+,16+/m1/s1. The lowest BCUT2D eigenvalue weighted by atomic mass is 10.00. The van der Waals surface area contributed by atoms with E-state index in [0.717, 1.165) is 18.6 Å². The molecule has 2 saturated heterocycles. The van der Waals surface area contributed by atoms with Crippen LogP contribution in [0.4, 0.5) is 13.2 Å². The number of likely N-dealkylation sites (tertiary alicyclic amines) is 2. The van der Waals surface area contributed by atoms with Crippen molar-refractivity contribution in [2.45, 2.75) is 30.9 Å². The second kappa shape index (κ2) is 7.75. The molecule has 1 aromatic rings. The number of alkyl halides is 3. The van der Waals surface area contributed by atoms with Crippen LogP contribution in [0.2, 0.25) is 0 Å². The van der Waals surface area contributed by atoms with Gasteiger partial charge in [0.25, 0.3) is 5.91 Å². The van der Waals surface area contributed by atoms with Crippen molar-refractivity contribution in [3.8, 4) is 0 Å². The number of nitrogens with zero attached hydrogens (tertiary/aromatic N) is 2. The van der Waals surface area contributed by atoms with Crippen molar-refractivity contribution in [2.75, 3.05) is 32.7 Å². The molecule has 0 saturated carbocycles. The van der Waals surface area contributed by atoms with Gasteiger partial charge < -0.3 is 20.2 Å². The first-order chi connectivity index (χ1) is 12.6. The number of aliphatic hydroxyl groups is 3. The Bertz CT molecular complexity index is 656. The number of carbonyl (C=O) groups is 1. The normalized spacial score (nSPS) is 29.9. The van der Waals surface area contributed by atoms with E-state index in [1.807, 2.05) is 4.90 Å². The largest absolute Gasteiger partial charge is 0.416 e. The fourth-order valence-electron chi connectivity index (χ4n) is 3.74. The number of halogens is 3. The van der Waals surface area contributed by atoms with E-state index in [-0.39, 0.29) is 30.5 Å². The zero-order chi connectivity index (χ0) is 19.8. The lowest BCUT2D eigenvalue weighted by molar-refractivity contribution is -0.137. The number of amides is 1. The van der Waals surface area contributed by atoms with E-state index >= 15 is 0 Å². The Morgan fingerprint density at radius 2 is 1.63 bits per heavy atom. The predicted octanol–water partition coefficient (Wildman–Crippen LogP) is 0.566. The molecule has 1 amide bonds. The van der Waals surface area contributed by atoms with Crippen LogP contribution in [0, 0.1) is 5.92 Å². The van der Waals surface area contributed by atoms with E-state index in [1.54, 1.807) is 4.90 Å². The van der Waals surface area contributed by atoms with Gasteiger partial charge in [0.15, 0.2) is 0 Å². The molecule has 1 aromatic carbocycles. The van der Waals surface area contributed by atoms with Crippen LogP contribution in [0.15, 0.2) is 24.3 Å². The Balaban J connectivity index is 1.55. The highest BCUT2D eigenvalue weighted by Crippen LogP contribution is 2.29. The molecule has 2 aliphatic heterocycles. The van der Waals surface area contributed by atoms with Crippen molar-refractivity contribution in [1.82, 2.24) is 9.80 Å². The average Bonchev–Trinajstić information content (AvgIpc) is 3.06. The molecule has 2 heterocycles. The molecule has 0 spiro atoms. The molecule has 0 radical (unpaired) electrons. The van der Waals surface area contributed by atoms with Crippen molar-refractivity contribution >= 4 is 5.91 Å². The second-order valence-electron chi connectivity index (χ2n) is 7.32. The van der Waals surface area contributed by atoms with Crippen LogP contribution in [-0.2, 0) is 6.18 Å². The number of hydrogen-bond acceptors (Lipinski definition) is 5. The third-order valence-corrected chi connectivity index (χ3v) is 5.23. The molecule has 27 heavy (non-hydrogen) atoms. The molecule has 6 nitrogen and oxygen atoms in total. The Labute approximate surface area is 154 Å². The molecule has 0 aliphatic carbocycles. The molecule has 150 valence electrons. The summed E-state index contributed by atoms with van der Waals surface area (Å²) < 4.78 is 37.9. The average molecular weight is 388 g/mol.